The van der Waals surface area contributed by atoms with Crippen molar-refractivity contribution in [1.29, 1.82) is 0 Å². The van der Waals surface area contributed by atoms with Crippen molar-refractivity contribution in [2.45, 2.75) is 33.1 Å². The fraction of sp³-hybridized carbons (Fsp3) is 0.636. The Balaban J connectivity index is 2.97. The molecule has 5 nitrogen and oxygen atoms in total. The number of carbonyl (C=O) groups is 2. The minimum absolute atomic E-state index is 0.0393. The Hall–Kier alpha value is -1.17. The van der Waals surface area contributed by atoms with Gasteiger partial charge in [-0.05, 0) is 19.3 Å². The molecule has 1 aliphatic heterocycles. The maximum atomic E-state index is 11.9. The molecule has 1 heterocycles. The van der Waals surface area contributed by atoms with Gasteiger partial charge in [0.25, 0.3) is 0 Å². The van der Waals surface area contributed by atoms with Gasteiger partial charge >= 0.3 is 0 Å². The summed E-state index contributed by atoms with van der Waals surface area (Å²) >= 11 is 0. The second kappa shape index (κ2) is 5.95. The summed E-state index contributed by atoms with van der Waals surface area (Å²) < 4.78 is 22.4. The molecule has 1 amide bonds. The molecule has 0 fully saturated rings. The van der Waals surface area contributed by atoms with Crippen LogP contribution in [-0.2, 0) is 20.5 Å². The molecule has 0 radical (unpaired) electrons. The topological polar surface area (TPSA) is 71.5 Å². The van der Waals surface area contributed by atoms with Crippen LogP contribution in [0, 0.1) is 11.8 Å². The minimum Gasteiger partial charge on any atom is -0.300 e. The van der Waals surface area contributed by atoms with Gasteiger partial charge in [0.05, 0.1) is 5.92 Å². The molecular formula is C11H17NO4S. The molecule has 0 aromatic carbocycles. The van der Waals surface area contributed by atoms with Crippen molar-refractivity contribution in [1.82, 2.24) is 4.31 Å². The molecule has 96 valence electrons. The standard InChI is InChI=1S/C11H17NO4S/c1-3-4-9-5-6-12(17(15)16)11(14)10(9)7-8(2)13/h5-6,9-10,17H,3-4,7H2,1-2H3/t9-,10-/m0/s1. The molecule has 0 bridgehead atoms. The van der Waals surface area contributed by atoms with Gasteiger partial charge in [-0.3, -0.25) is 4.79 Å². The van der Waals surface area contributed by atoms with Crippen LogP contribution in [0.5, 0.6) is 0 Å². The molecule has 0 spiro atoms. The molecule has 0 unspecified atom stereocenters. The third-order valence-corrected chi connectivity index (χ3v) is 3.52. The van der Waals surface area contributed by atoms with E-state index in [0.717, 1.165) is 12.8 Å². The first kappa shape index (κ1) is 13.9. The first-order valence-corrected chi connectivity index (χ1v) is 6.75. The van der Waals surface area contributed by atoms with Crippen molar-refractivity contribution in [2.75, 3.05) is 0 Å². The average molecular weight is 259 g/mol. The highest BCUT2D eigenvalue weighted by Gasteiger charge is 2.34. The van der Waals surface area contributed by atoms with Crippen molar-refractivity contribution in [3.8, 4) is 0 Å². The zero-order valence-electron chi connectivity index (χ0n) is 9.96. The van der Waals surface area contributed by atoms with Crippen molar-refractivity contribution >= 4 is 22.6 Å². The summed E-state index contributed by atoms with van der Waals surface area (Å²) in [5.74, 6) is -1.16. The number of Topliss-reactive ketones (excluding diaryl/α,β-unsaturated/α-hetero) is 1. The number of nitrogens with zero attached hydrogens (tertiary/aromatic N) is 1. The van der Waals surface area contributed by atoms with Gasteiger partial charge in [-0.15, -0.1) is 0 Å². The van der Waals surface area contributed by atoms with E-state index in [1.54, 1.807) is 6.08 Å². The summed E-state index contributed by atoms with van der Waals surface area (Å²) in [4.78, 5) is 23.1. The van der Waals surface area contributed by atoms with Gasteiger partial charge < -0.3 is 4.79 Å². The number of hydrogen-bond donors (Lipinski definition) is 1. The normalized spacial score (nSPS) is 24.4. The third-order valence-electron chi connectivity index (χ3n) is 2.84. The monoisotopic (exact) mass is 259 g/mol. The first-order valence-electron chi connectivity index (χ1n) is 5.62. The summed E-state index contributed by atoms with van der Waals surface area (Å²) in [5, 5.41) is 0. The summed E-state index contributed by atoms with van der Waals surface area (Å²) in [7, 11) is -2.95. The van der Waals surface area contributed by atoms with E-state index >= 15 is 0 Å². The van der Waals surface area contributed by atoms with Crippen LogP contribution in [0.4, 0.5) is 0 Å². The van der Waals surface area contributed by atoms with Crippen molar-refractivity contribution in [2.24, 2.45) is 11.8 Å². The van der Waals surface area contributed by atoms with Gasteiger partial charge in [-0.25, -0.2) is 12.7 Å². The van der Waals surface area contributed by atoms with Gasteiger partial charge in [-0.2, -0.15) is 0 Å². The van der Waals surface area contributed by atoms with Crippen LogP contribution in [0.15, 0.2) is 12.3 Å². The van der Waals surface area contributed by atoms with Crippen LogP contribution < -0.4 is 0 Å². The SMILES string of the molecule is CCC[C@H]1C=CN([SH](=O)=O)C(=O)[C@H]1CC(C)=O. The number of rotatable bonds is 5. The van der Waals surface area contributed by atoms with Crippen molar-refractivity contribution < 1.29 is 18.0 Å². The molecule has 6 heteroatoms. The van der Waals surface area contributed by atoms with Gasteiger partial charge in [0.15, 0.2) is 0 Å². The van der Waals surface area contributed by atoms with E-state index < -0.39 is 22.7 Å². The van der Waals surface area contributed by atoms with Crippen LogP contribution in [0.3, 0.4) is 0 Å². The van der Waals surface area contributed by atoms with E-state index in [1.165, 1.54) is 13.1 Å². The highest BCUT2D eigenvalue weighted by atomic mass is 32.2. The number of allylic oxidation sites excluding steroid dienone is 1. The maximum absolute atomic E-state index is 11.9. The Kier molecular flexibility index (Phi) is 4.86. The molecule has 0 aromatic rings. The van der Waals surface area contributed by atoms with Crippen LogP contribution in [0.1, 0.15) is 33.1 Å². The quantitative estimate of drug-likeness (QED) is 0.744. The molecule has 0 saturated carbocycles. The van der Waals surface area contributed by atoms with E-state index in [2.05, 4.69) is 0 Å². The summed E-state index contributed by atoms with van der Waals surface area (Å²) in [6.07, 6.45) is 4.78. The van der Waals surface area contributed by atoms with Gasteiger partial charge in [0.1, 0.15) is 5.78 Å². The molecule has 0 saturated heterocycles. The number of hydrogen-bond acceptors (Lipinski definition) is 4. The van der Waals surface area contributed by atoms with E-state index in [9.17, 15) is 18.0 Å². The molecule has 1 aliphatic rings. The second-order valence-electron chi connectivity index (χ2n) is 4.23. The predicted octanol–water partition coefficient (Wildman–Crippen LogP) is 0.880. The number of thiol groups is 1. The molecule has 17 heavy (non-hydrogen) atoms. The van der Waals surface area contributed by atoms with Gasteiger partial charge in [0, 0.05) is 12.6 Å². The minimum atomic E-state index is -2.95. The van der Waals surface area contributed by atoms with Crippen molar-refractivity contribution in [3.63, 3.8) is 0 Å². The van der Waals surface area contributed by atoms with E-state index in [1.807, 2.05) is 6.92 Å². The molecule has 0 aliphatic carbocycles. The molecule has 0 aromatic heterocycles. The molecule has 1 rings (SSSR count). The number of ketones is 1. The summed E-state index contributed by atoms with van der Waals surface area (Å²) in [5.41, 5.74) is 0. The Labute approximate surface area is 103 Å². The zero-order valence-corrected chi connectivity index (χ0v) is 10.9. The lowest BCUT2D eigenvalue weighted by atomic mass is 9.83. The lowest BCUT2D eigenvalue weighted by molar-refractivity contribution is -0.134. The van der Waals surface area contributed by atoms with Crippen LogP contribution >= 0.6 is 0 Å². The molecular weight excluding hydrogens is 242 g/mol. The lowest BCUT2D eigenvalue weighted by Gasteiger charge is -2.29. The van der Waals surface area contributed by atoms with E-state index in [-0.39, 0.29) is 18.1 Å². The predicted molar refractivity (Wildman–Crippen MR) is 63.5 cm³/mol. The third kappa shape index (κ3) is 3.39. The van der Waals surface area contributed by atoms with E-state index in [4.69, 9.17) is 0 Å². The fourth-order valence-electron chi connectivity index (χ4n) is 2.07. The Morgan fingerprint density at radius 1 is 1.47 bits per heavy atom. The highest BCUT2D eigenvalue weighted by Crippen LogP contribution is 2.29. The number of amides is 1. The molecule has 0 N–H and O–H groups in total. The summed E-state index contributed by atoms with van der Waals surface area (Å²) in [6.45, 7) is 3.40. The highest BCUT2D eigenvalue weighted by molar-refractivity contribution is 7.70. The van der Waals surface area contributed by atoms with Gasteiger partial charge in [-0.1, -0.05) is 19.4 Å². The largest absolute Gasteiger partial charge is 0.300 e. The first-order chi connectivity index (χ1) is 7.97. The Bertz CT molecular complexity index is 406. The summed E-state index contributed by atoms with van der Waals surface area (Å²) in [6, 6.07) is 0. The lowest BCUT2D eigenvalue weighted by Crippen LogP contribution is -2.39. The van der Waals surface area contributed by atoms with Crippen LogP contribution in [0.25, 0.3) is 0 Å². The average Bonchev–Trinajstić information content (AvgIpc) is 2.22. The second-order valence-corrected chi connectivity index (χ2v) is 5.13. The van der Waals surface area contributed by atoms with Gasteiger partial charge in [0.2, 0.25) is 16.8 Å². The van der Waals surface area contributed by atoms with Crippen molar-refractivity contribution in [3.05, 3.63) is 12.3 Å². The van der Waals surface area contributed by atoms with E-state index in [0.29, 0.717) is 4.31 Å². The zero-order chi connectivity index (χ0) is 13.0. The van der Waals surface area contributed by atoms with Crippen LogP contribution in [-0.4, -0.2) is 24.4 Å². The smallest absolute Gasteiger partial charge is 0.244 e. The Morgan fingerprint density at radius 3 is 2.59 bits per heavy atom. The molecule has 2 atom stereocenters. The van der Waals surface area contributed by atoms with Crippen LogP contribution in [0.2, 0.25) is 0 Å². The fourth-order valence-corrected chi connectivity index (χ4v) is 2.56. The number of carbonyl (C=O) groups excluding carboxylic acids is 2. The maximum Gasteiger partial charge on any atom is 0.244 e. The Morgan fingerprint density at radius 2 is 2.12 bits per heavy atom.